The van der Waals surface area contributed by atoms with Crippen LogP contribution in [0.2, 0.25) is 0 Å². The molecule has 3 nitrogen and oxygen atoms in total. The minimum Gasteiger partial charge on any atom is -0.293 e. The van der Waals surface area contributed by atoms with Crippen molar-refractivity contribution in [1.82, 2.24) is 10.2 Å². The topological polar surface area (TPSA) is 45.8 Å². The highest BCUT2D eigenvalue weighted by Gasteiger charge is 2.29. The Labute approximate surface area is 69.0 Å². The first-order valence-corrected chi connectivity index (χ1v) is 3.92. The van der Waals surface area contributed by atoms with Crippen LogP contribution in [0.4, 0.5) is 4.39 Å². The number of Topliss-reactive ketones (excluding diaryl/α,β-unsaturated/α-hetero) is 1. The largest absolute Gasteiger partial charge is 0.293 e. The maximum Gasteiger partial charge on any atom is 0.180 e. The first-order valence-electron chi connectivity index (χ1n) is 3.92. The fourth-order valence-electron chi connectivity index (χ4n) is 1.60. The molecule has 4 heteroatoms. The van der Waals surface area contributed by atoms with Gasteiger partial charge in [-0.1, -0.05) is 0 Å². The van der Waals surface area contributed by atoms with E-state index in [1.54, 1.807) is 0 Å². The second kappa shape index (κ2) is 2.40. The molecule has 0 saturated heterocycles. The number of aromatic nitrogens is 2. The predicted octanol–water partition coefficient (Wildman–Crippen LogP) is 1.57. The van der Waals surface area contributed by atoms with Crippen LogP contribution < -0.4 is 0 Å². The maximum absolute atomic E-state index is 13.2. The molecule has 0 spiro atoms. The molecule has 0 amide bonds. The molecular formula is C8H9FN2O. The van der Waals surface area contributed by atoms with E-state index < -0.39 is 6.17 Å². The summed E-state index contributed by atoms with van der Waals surface area (Å²) in [5.74, 6) is -0.169. The van der Waals surface area contributed by atoms with E-state index in [2.05, 4.69) is 10.2 Å². The third-order valence-corrected chi connectivity index (χ3v) is 2.18. The maximum atomic E-state index is 13.2. The van der Waals surface area contributed by atoms with E-state index in [-0.39, 0.29) is 11.5 Å². The summed E-state index contributed by atoms with van der Waals surface area (Å²) in [6.45, 7) is 1.40. The van der Waals surface area contributed by atoms with E-state index in [0.717, 1.165) is 5.69 Å². The molecule has 1 heterocycles. The Bertz CT molecular complexity index is 332. The number of halogens is 1. The van der Waals surface area contributed by atoms with Gasteiger partial charge in [-0.05, 0) is 12.8 Å². The highest BCUT2D eigenvalue weighted by molar-refractivity contribution is 5.94. The molecule has 1 aromatic heterocycles. The van der Waals surface area contributed by atoms with E-state index in [1.165, 1.54) is 6.92 Å². The van der Waals surface area contributed by atoms with Crippen molar-refractivity contribution in [3.05, 3.63) is 17.0 Å². The van der Waals surface area contributed by atoms with E-state index in [4.69, 9.17) is 0 Å². The van der Waals surface area contributed by atoms with Gasteiger partial charge in [0.25, 0.3) is 0 Å². The van der Waals surface area contributed by atoms with Crippen molar-refractivity contribution in [2.75, 3.05) is 0 Å². The summed E-state index contributed by atoms with van der Waals surface area (Å²) in [4.78, 5) is 11.0. The van der Waals surface area contributed by atoms with Gasteiger partial charge >= 0.3 is 0 Å². The number of fused-ring (bicyclic) bond motifs is 1. The summed E-state index contributed by atoms with van der Waals surface area (Å²) in [6.07, 6.45) is 0.137. The van der Waals surface area contributed by atoms with E-state index >= 15 is 0 Å². The number of ketones is 1. The first kappa shape index (κ1) is 7.46. The Morgan fingerprint density at radius 1 is 1.75 bits per heavy atom. The summed E-state index contributed by atoms with van der Waals surface area (Å²) in [6, 6.07) is 0. The zero-order valence-corrected chi connectivity index (χ0v) is 6.72. The van der Waals surface area contributed by atoms with Gasteiger partial charge in [-0.2, -0.15) is 5.10 Å². The van der Waals surface area contributed by atoms with Gasteiger partial charge in [-0.25, -0.2) is 4.39 Å². The molecular weight excluding hydrogens is 159 g/mol. The molecule has 0 aromatic carbocycles. The van der Waals surface area contributed by atoms with Gasteiger partial charge in [0.2, 0.25) is 0 Å². The minimum absolute atomic E-state index is 0.169. The molecule has 64 valence electrons. The Balaban J connectivity index is 2.53. The number of aryl methyl sites for hydroxylation is 1. The second-order valence-electron chi connectivity index (χ2n) is 3.03. The molecule has 12 heavy (non-hydrogen) atoms. The van der Waals surface area contributed by atoms with Gasteiger partial charge in [0.1, 0.15) is 11.9 Å². The van der Waals surface area contributed by atoms with Crippen molar-refractivity contribution in [3.8, 4) is 0 Å². The molecule has 1 aliphatic carbocycles. The van der Waals surface area contributed by atoms with Crippen LogP contribution in [0.5, 0.6) is 0 Å². The van der Waals surface area contributed by atoms with Crippen molar-refractivity contribution in [3.63, 3.8) is 0 Å². The Morgan fingerprint density at radius 2 is 2.50 bits per heavy atom. The van der Waals surface area contributed by atoms with Gasteiger partial charge in [0.05, 0.1) is 0 Å². The number of aromatic amines is 1. The normalized spacial score (nSPS) is 21.0. The van der Waals surface area contributed by atoms with Crippen molar-refractivity contribution >= 4 is 5.78 Å². The Kier molecular flexibility index (Phi) is 1.49. The quantitative estimate of drug-likeness (QED) is 0.647. The molecule has 2 rings (SSSR count). The SMILES string of the molecule is CC(=O)c1n[nH]c2c1C(F)CC2. The lowest BCUT2D eigenvalue weighted by molar-refractivity contribution is 0.101. The zero-order valence-electron chi connectivity index (χ0n) is 6.72. The van der Waals surface area contributed by atoms with Crippen LogP contribution >= 0.6 is 0 Å². The Hall–Kier alpha value is -1.19. The first-order chi connectivity index (χ1) is 5.70. The smallest absolute Gasteiger partial charge is 0.180 e. The van der Waals surface area contributed by atoms with Gasteiger partial charge in [-0.15, -0.1) is 0 Å². The summed E-state index contributed by atoms with van der Waals surface area (Å²) in [5.41, 5.74) is 1.55. The molecule has 0 radical (unpaired) electrons. The molecule has 1 atom stereocenters. The third-order valence-electron chi connectivity index (χ3n) is 2.18. The number of alkyl halides is 1. The lowest BCUT2D eigenvalue weighted by atomic mass is 10.1. The number of hydrogen-bond acceptors (Lipinski definition) is 2. The van der Waals surface area contributed by atoms with E-state index in [9.17, 15) is 9.18 Å². The number of H-pyrrole nitrogens is 1. The van der Waals surface area contributed by atoms with Crippen LogP contribution in [0.25, 0.3) is 0 Å². The number of carbonyl (C=O) groups excluding carboxylic acids is 1. The number of nitrogens with zero attached hydrogens (tertiary/aromatic N) is 1. The van der Waals surface area contributed by atoms with E-state index in [0.29, 0.717) is 18.4 Å². The molecule has 1 aliphatic rings. The fraction of sp³-hybridized carbons (Fsp3) is 0.500. The van der Waals surface area contributed by atoms with Crippen LogP contribution in [0.1, 0.15) is 41.3 Å². The fourth-order valence-corrected chi connectivity index (χ4v) is 1.60. The van der Waals surface area contributed by atoms with Crippen LogP contribution in [-0.4, -0.2) is 16.0 Å². The van der Waals surface area contributed by atoms with Gasteiger partial charge < -0.3 is 0 Å². The minimum atomic E-state index is -1.00. The van der Waals surface area contributed by atoms with Crippen LogP contribution in [0.3, 0.4) is 0 Å². The lowest BCUT2D eigenvalue weighted by Gasteiger charge is -1.97. The van der Waals surface area contributed by atoms with Crippen molar-refractivity contribution in [1.29, 1.82) is 0 Å². The second-order valence-corrected chi connectivity index (χ2v) is 3.03. The number of rotatable bonds is 1. The van der Waals surface area contributed by atoms with Crippen LogP contribution in [-0.2, 0) is 6.42 Å². The third kappa shape index (κ3) is 0.873. The average Bonchev–Trinajstić information content (AvgIpc) is 2.53. The lowest BCUT2D eigenvalue weighted by Crippen LogP contribution is -1.98. The van der Waals surface area contributed by atoms with Crippen molar-refractivity contribution in [2.45, 2.75) is 25.9 Å². The number of nitrogens with one attached hydrogen (secondary N) is 1. The Morgan fingerprint density at radius 3 is 3.17 bits per heavy atom. The van der Waals surface area contributed by atoms with Gasteiger partial charge in [0.15, 0.2) is 5.78 Å². The standard InChI is InChI=1S/C8H9FN2O/c1-4(12)8-7-5(9)2-3-6(7)10-11-8/h5H,2-3H2,1H3,(H,10,11). The predicted molar refractivity (Wildman–Crippen MR) is 40.8 cm³/mol. The monoisotopic (exact) mass is 168 g/mol. The summed E-state index contributed by atoms with van der Waals surface area (Å²) >= 11 is 0. The molecule has 0 fully saturated rings. The highest BCUT2D eigenvalue weighted by atomic mass is 19.1. The number of carbonyl (C=O) groups is 1. The molecule has 0 saturated carbocycles. The number of hydrogen-bond donors (Lipinski definition) is 1. The van der Waals surface area contributed by atoms with Crippen molar-refractivity contribution < 1.29 is 9.18 Å². The van der Waals surface area contributed by atoms with Gasteiger partial charge in [0, 0.05) is 18.2 Å². The molecule has 0 aliphatic heterocycles. The summed E-state index contributed by atoms with van der Waals surface area (Å²) < 4.78 is 13.2. The van der Waals surface area contributed by atoms with Crippen molar-refractivity contribution in [2.24, 2.45) is 0 Å². The zero-order chi connectivity index (χ0) is 8.72. The summed E-state index contributed by atoms with van der Waals surface area (Å²) in [5, 5.41) is 6.46. The van der Waals surface area contributed by atoms with Crippen LogP contribution in [0, 0.1) is 0 Å². The molecule has 1 N–H and O–H groups in total. The van der Waals surface area contributed by atoms with Gasteiger partial charge in [-0.3, -0.25) is 9.89 Å². The average molecular weight is 168 g/mol. The molecule has 1 unspecified atom stereocenters. The highest BCUT2D eigenvalue weighted by Crippen LogP contribution is 2.34. The molecule has 1 aromatic rings. The molecule has 0 bridgehead atoms. The van der Waals surface area contributed by atoms with Crippen LogP contribution in [0.15, 0.2) is 0 Å². The summed E-state index contributed by atoms with van der Waals surface area (Å²) in [7, 11) is 0. The van der Waals surface area contributed by atoms with E-state index in [1.807, 2.05) is 0 Å².